The third kappa shape index (κ3) is 59.3. The molecule has 0 radical (unpaired) electrons. The number of hydrogen-bond acceptors (Lipinski definition) is 6. The molecule has 9 heteroatoms. The van der Waals surface area contributed by atoms with E-state index in [1.165, 1.54) is 19.3 Å². The molecule has 0 N–H and O–H groups in total. The molecule has 0 aromatic heterocycles. The van der Waals surface area contributed by atoms with Crippen LogP contribution in [-0.2, 0) is 28.8 Å². The summed E-state index contributed by atoms with van der Waals surface area (Å²) in [5.74, 6) is 4.34. The molecule has 6 nitrogen and oxygen atoms in total. The summed E-state index contributed by atoms with van der Waals surface area (Å²) in [7, 11) is 0. The van der Waals surface area contributed by atoms with E-state index in [0.717, 1.165) is 75.5 Å². The Morgan fingerprint density at radius 1 is 0.362 bits per heavy atom. The summed E-state index contributed by atoms with van der Waals surface area (Å²) >= 11 is 0. The van der Waals surface area contributed by atoms with E-state index < -0.39 is 0 Å². The van der Waals surface area contributed by atoms with Crippen LogP contribution in [0.1, 0.15) is 218 Å². The first kappa shape index (κ1) is 73.6. The smallest absolute Gasteiger partial charge is 0.358 e. The van der Waals surface area contributed by atoms with Gasteiger partial charge in [0, 0.05) is 99.2 Å². The summed E-state index contributed by atoms with van der Waals surface area (Å²) < 4.78 is 0. The van der Waals surface area contributed by atoms with Crippen molar-refractivity contribution in [2.75, 3.05) is 0 Å². The van der Waals surface area contributed by atoms with Crippen LogP contribution in [0, 0.1) is 156 Å². The molecule has 0 rings (SSSR count). The minimum absolute atomic E-state index is 0. The SMILES string of the molecule is CC(C)CCCCC(=O)CC[CH-]CC(=O)C(C)C.CC(C)CCCCC(=O)C[CH-]CCC(=O)C(C)C.CC(C)CCCCC(=O)C[CH-]CCC(=O)C(C)C.[CH3-].[U+2].[U].[U]. The molecular weight excluding hydrogens is 1400 g/mol. The van der Waals surface area contributed by atoms with Gasteiger partial charge >= 0.3 is 31.1 Å². The van der Waals surface area contributed by atoms with Crippen molar-refractivity contribution in [2.24, 2.45) is 35.5 Å². The van der Waals surface area contributed by atoms with Crippen LogP contribution in [0.25, 0.3) is 0 Å². The summed E-state index contributed by atoms with van der Waals surface area (Å²) in [5, 5.41) is 0. The standard InChI is InChI=1S/3C16H29O2.CH3.3U/c3*1-13(2)9-5-6-10-15(17)11-7-8-12-16(18)14(3)4;;;;/h8,13-14H,5-7,9-12H2,1-4H3;2*7,13-14H,5-6,8-12H2,1-4H3;1H3;;;/q4*-1;;;+2. The molecule has 58 heavy (non-hydrogen) atoms. The molecule has 0 unspecified atom stereocenters. The molecule has 0 amide bonds. The molecule has 0 aromatic carbocycles. The van der Waals surface area contributed by atoms with Gasteiger partial charge < -0.3 is 41.1 Å². The fourth-order valence-corrected chi connectivity index (χ4v) is 5.29. The fraction of sp³-hybridized carbons (Fsp3) is 0.796. The summed E-state index contributed by atoms with van der Waals surface area (Å²) in [4.78, 5) is 68.7. The van der Waals surface area contributed by atoms with Crippen molar-refractivity contribution in [3.63, 3.8) is 0 Å². The molecule has 0 saturated heterocycles. The van der Waals surface area contributed by atoms with Crippen LogP contribution >= 0.6 is 0 Å². The molecule has 336 valence electrons. The number of carbonyl (C=O) groups excluding carboxylic acids is 6. The second-order valence-electron chi connectivity index (χ2n) is 17.5. The number of Topliss-reactive ketones (excluding diaryl/α,β-unsaturated/α-hetero) is 6. The van der Waals surface area contributed by atoms with Gasteiger partial charge in [-0.25, -0.2) is 0 Å². The zero-order valence-electron chi connectivity index (χ0n) is 40.0. The van der Waals surface area contributed by atoms with E-state index in [1.807, 2.05) is 60.8 Å². The minimum Gasteiger partial charge on any atom is -0.358 e. The number of ketones is 6. The van der Waals surface area contributed by atoms with E-state index in [0.29, 0.717) is 75.1 Å². The van der Waals surface area contributed by atoms with Gasteiger partial charge in [-0.15, -0.1) is 19.3 Å². The van der Waals surface area contributed by atoms with Crippen molar-refractivity contribution in [1.82, 2.24) is 0 Å². The van der Waals surface area contributed by atoms with Crippen molar-refractivity contribution in [3.8, 4) is 0 Å². The van der Waals surface area contributed by atoms with Crippen molar-refractivity contribution < 1.29 is 122 Å². The maximum absolute atomic E-state index is 11.6. The maximum Gasteiger partial charge on any atom is 2.00 e. The van der Waals surface area contributed by atoms with Gasteiger partial charge in [-0.2, -0.15) is 19.3 Å². The molecule has 0 fully saturated rings. The van der Waals surface area contributed by atoms with E-state index in [9.17, 15) is 28.8 Å². The molecular formula is C49H90O6U3-2. The van der Waals surface area contributed by atoms with Crippen LogP contribution in [-0.4, -0.2) is 34.7 Å². The topological polar surface area (TPSA) is 102 Å². The maximum atomic E-state index is 11.6. The van der Waals surface area contributed by atoms with Crippen molar-refractivity contribution in [1.29, 1.82) is 0 Å². The summed E-state index contributed by atoms with van der Waals surface area (Å²) in [6.45, 7) is 24.8. The minimum atomic E-state index is 0. The van der Waals surface area contributed by atoms with Crippen LogP contribution in [0.2, 0.25) is 0 Å². The molecule has 0 heterocycles. The number of carbonyl (C=O) groups is 6. The Hall–Kier alpha value is 1.18. The molecule has 0 aliphatic carbocycles. The molecule has 0 aliphatic heterocycles. The summed E-state index contributed by atoms with van der Waals surface area (Å²) in [5.41, 5.74) is 0. The van der Waals surface area contributed by atoms with Gasteiger partial charge in [-0.1, -0.05) is 122 Å². The largest absolute Gasteiger partial charge is 2.00 e. The second-order valence-corrected chi connectivity index (χ2v) is 17.5. The van der Waals surface area contributed by atoms with Gasteiger partial charge in [0.05, 0.1) is 0 Å². The van der Waals surface area contributed by atoms with Crippen LogP contribution in [0.15, 0.2) is 0 Å². The van der Waals surface area contributed by atoms with Crippen molar-refractivity contribution in [2.45, 2.75) is 218 Å². The van der Waals surface area contributed by atoms with Crippen molar-refractivity contribution in [3.05, 3.63) is 26.7 Å². The number of hydrogen-bond donors (Lipinski definition) is 0. The van der Waals surface area contributed by atoms with E-state index in [4.69, 9.17) is 0 Å². The predicted molar refractivity (Wildman–Crippen MR) is 235 cm³/mol. The first-order valence-electron chi connectivity index (χ1n) is 21.9. The summed E-state index contributed by atoms with van der Waals surface area (Å²) in [6, 6.07) is 0. The quantitative estimate of drug-likeness (QED) is 0.0479. The predicted octanol–water partition coefficient (Wildman–Crippen LogP) is 13.6. The number of rotatable bonds is 33. The molecule has 0 aromatic rings. The Labute approximate surface area is 432 Å². The Kier molecular flexibility index (Phi) is 64.5. The van der Waals surface area contributed by atoms with E-state index in [2.05, 4.69) is 41.5 Å². The van der Waals surface area contributed by atoms with Gasteiger partial charge in [-0.05, 0) is 56.3 Å². The molecule has 0 atom stereocenters. The van der Waals surface area contributed by atoms with E-state index in [1.54, 1.807) is 0 Å². The molecule has 0 spiro atoms. The first-order chi connectivity index (χ1) is 25.3. The average Bonchev–Trinajstić information content (AvgIpc) is 3.09. The van der Waals surface area contributed by atoms with E-state index >= 15 is 0 Å². The molecule has 0 bridgehead atoms. The first-order valence-corrected chi connectivity index (χ1v) is 21.9. The van der Waals surface area contributed by atoms with Gasteiger partial charge in [0.1, 0.15) is 34.7 Å². The van der Waals surface area contributed by atoms with Gasteiger partial charge in [-0.3, -0.25) is 14.4 Å². The van der Waals surface area contributed by atoms with E-state index in [-0.39, 0.29) is 136 Å². The zero-order valence-corrected chi connectivity index (χ0v) is 52.5. The average molecular weight is 1490 g/mol. The normalized spacial score (nSPS) is 10.4. The van der Waals surface area contributed by atoms with Gasteiger partial charge in [0.2, 0.25) is 0 Å². The third-order valence-corrected chi connectivity index (χ3v) is 9.30. The summed E-state index contributed by atoms with van der Waals surface area (Å²) in [6.07, 6.45) is 23.7. The van der Waals surface area contributed by atoms with Crippen LogP contribution < -0.4 is 0 Å². The monoisotopic (exact) mass is 1490 g/mol. The molecule has 0 aliphatic rings. The Bertz CT molecular complexity index is 865. The van der Waals surface area contributed by atoms with Gasteiger partial charge in [0.15, 0.2) is 0 Å². The van der Waals surface area contributed by atoms with Crippen molar-refractivity contribution >= 4 is 34.7 Å². The Morgan fingerprint density at radius 3 is 0.931 bits per heavy atom. The second kappa shape index (κ2) is 50.8. The van der Waals surface area contributed by atoms with Gasteiger partial charge in [0.25, 0.3) is 0 Å². The van der Waals surface area contributed by atoms with Crippen LogP contribution in [0.3, 0.4) is 0 Å². The Morgan fingerprint density at radius 2 is 0.638 bits per heavy atom. The fourth-order valence-electron chi connectivity index (χ4n) is 5.29. The Balaban J connectivity index is -0.000000130. The molecule has 0 saturated carbocycles. The van der Waals surface area contributed by atoms with Crippen LogP contribution in [0.4, 0.5) is 0 Å². The number of unbranched alkanes of at least 4 members (excludes halogenated alkanes) is 6. The third-order valence-electron chi connectivity index (χ3n) is 9.30. The van der Waals surface area contributed by atoms with Crippen LogP contribution in [0.5, 0.6) is 0 Å². The zero-order chi connectivity index (χ0) is 41.9.